The van der Waals surface area contributed by atoms with Crippen LogP contribution in [0.1, 0.15) is 41.7 Å². The number of carbonyl (C=O) groups excluding carboxylic acids is 1. The lowest BCUT2D eigenvalue weighted by Crippen LogP contribution is -2.13. The maximum absolute atomic E-state index is 11.7. The van der Waals surface area contributed by atoms with Crippen molar-refractivity contribution in [2.24, 2.45) is 11.7 Å². The van der Waals surface area contributed by atoms with Gasteiger partial charge in [0.05, 0.1) is 6.61 Å². The van der Waals surface area contributed by atoms with Crippen molar-refractivity contribution in [1.82, 2.24) is 4.98 Å². The molecule has 0 atom stereocenters. The molecule has 2 rings (SSSR count). The predicted molar refractivity (Wildman–Crippen MR) is 64.4 cm³/mol. The largest absolute Gasteiger partial charge is 0.461 e. The van der Waals surface area contributed by atoms with Gasteiger partial charge in [0.15, 0.2) is 0 Å². The number of ether oxygens (including phenoxy) is 1. The number of nitrogens with two attached hydrogens (primary N) is 1. The Morgan fingerprint density at radius 1 is 1.41 bits per heavy atom. The van der Waals surface area contributed by atoms with Crippen molar-refractivity contribution in [3.63, 3.8) is 0 Å². The first-order valence-electron chi connectivity index (χ1n) is 6.11. The first kappa shape index (κ1) is 12.0. The van der Waals surface area contributed by atoms with Gasteiger partial charge in [0, 0.05) is 12.7 Å². The molecule has 1 aliphatic rings. The third-order valence-electron chi connectivity index (χ3n) is 3.19. The number of aromatic nitrogens is 1. The highest BCUT2D eigenvalue weighted by Crippen LogP contribution is 2.24. The number of nitrogens with zero attached hydrogens (tertiary/aromatic N) is 1. The number of esters is 1. The summed E-state index contributed by atoms with van der Waals surface area (Å²) in [5, 5.41) is 0. The van der Waals surface area contributed by atoms with Crippen molar-refractivity contribution in [1.29, 1.82) is 0 Å². The molecule has 1 heterocycles. The van der Waals surface area contributed by atoms with Gasteiger partial charge in [0.2, 0.25) is 0 Å². The normalized spacial score (nSPS) is 16.1. The summed E-state index contributed by atoms with van der Waals surface area (Å²) in [6.07, 6.45) is 6.48. The maximum Gasteiger partial charge on any atom is 0.356 e. The minimum absolute atomic E-state index is 0.333. The van der Waals surface area contributed by atoms with Crippen molar-refractivity contribution >= 4 is 5.97 Å². The van der Waals surface area contributed by atoms with Crippen molar-refractivity contribution < 1.29 is 9.53 Å². The summed E-state index contributed by atoms with van der Waals surface area (Å²) in [6.45, 7) is 0.962. The maximum atomic E-state index is 11.7. The minimum Gasteiger partial charge on any atom is -0.461 e. The Balaban J connectivity index is 1.85. The van der Waals surface area contributed by atoms with Crippen LogP contribution in [-0.2, 0) is 11.3 Å². The van der Waals surface area contributed by atoms with Gasteiger partial charge in [0.25, 0.3) is 0 Å². The Labute approximate surface area is 101 Å². The van der Waals surface area contributed by atoms with Crippen LogP contribution in [0.5, 0.6) is 0 Å². The number of carbonyl (C=O) groups is 1. The topological polar surface area (TPSA) is 65.2 Å². The van der Waals surface area contributed by atoms with E-state index in [1.54, 1.807) is 18.3 Å². The van der Waals surface area contributed by atoms with Gasteiger partial charge in [-0.15, -0.1) is 0 Å². The molecule has 0 amide bonds. The van der Waals surface area contributed by atoms with Crippen LogP contribution in [0.4, 0.5) is 0 Å². The predicted octanol–water partition coefficient (Wildman–Crippen LogP) is 1.89. The molecule has 1 aromatic rings. The standard InChI is InChI=1S/C13H18N2O2/c14-7-11-5-6-12(15-8-11)13(16)17-9-10-3-1-2-4-10/h5-6,8,10H,1-4,7,9,14H2. The van der Waals surface area contributed by atoms with Gasteiger partial charge < -0.3 is 10.5 Å². The van der Waals surface area contributed by atoms with Crippen molar-refractivity contribution in [3.05, 3.63) is 29.6 Å². The molecule has 0 saturated heterocycles. The fraction of sp³-hybridized carbons (Fsp3) is 0.538. The van der Waals surface area contributed by atoms with Crippen LogP contribution in [0.3, 0.4) is 0 Å². The van der Waals surface area contributed by atoms with E-state index >= 15 is 0 Å². The van der Waals surface area contributed by atoms with E-state index < -0.39 is 0 Å². The van der Waals surface area contributed by atoms with Crippen LogP contribution in [0.15, 0.2) is 18.3 Å². The fourth-order valence-electron chi connectivity index (χ4n) is 2.11. The third kappa shape index (κ3) is 3.27. The average Bonchev–Trinajstić information content (AvgIpc) is 2.89. The molecule has 0 radical (unpaired) electrons. The number of hydrogen-bond donors (Lipinski definition) is 1. The SMILES string of the molecule is NCc1ccc(C(=O)OCC2CCCC2)nc1. The Kier molecular flexibility index (Phi) is 4.09. The van der Waals surface area contributed by atoms with E-state index in [0.29, 0.717) is 24.8 Å². The zero-order chi connectivity index (χ0) is 12.1. The smallest absolute Gasteiger partial charge is 0.356 e. The van der Waals surface area contributed by atoms with Gasteiger partial charge in [-0.05, 0) is 30.4 Å². The quantitative estimate of drug-likeness (QED) is 0.808. The van der Waals surface area contributed by atoms with Gasteiger partial charge in [-0.2, -0.15) is 0 Å². The summed E-state index contributed by atoms with van der Waals surface area (Å²) in [6, 6.07) is 3.47. The first-order valence-corrected chi connectivity index (χ1v) is 6.11. The van der Waals surface area contributed by atoms with E-state index in [1.807, 2.05) is 0 Å². The van der Waals surface area contributed by atoms with Crippen LogP contribution in [-0.4, -0.2) is 17.6 Å². The second kappa shape index (κ2) is 5.77. The van der Waals surface area contributed by atoms with Gasteiger partial charge in [-0.1, -0.05) is 18.9 Å². The molecule has 4 nitrogen and oxygen atoms in total. The summed E-state index contributed by atoms with van der Waals surface area (Å²) in [5.74, 6) is 0.211. The molecule has 0 unspecified atom stereocenters. The van der Waals surface area contributed by atoms with Crippen molar-refractivity contribution in [2.75, 3.05) is 6.61 Å². The number of rotatable bonds is 4. The molecule has 0 bridgehead atoms. The highest BCUT2D eigenvalue weighted by molar-refractivity contribution is 5.87. The summed E-state index contributed by atoms with van der Waals surface area (Å²) >= 11 is 0. The van der Waals surface area contributed by atoms with E-state index in [0.717, 1.165) is 5.56 Å². The molecule has 92 valence electrons. The molecular weight excluding hydrogens is 216 g/mol. The molecule has 4 heteroatoms. The summed E-state index contributed by atoms with van der Waals surface area (Å²) in [4.78, 5) is 15.7. The van der Waals surface area contributed by atoms with Crippen LogP contribution in [0.25, 0.3) is 0 Å². The molecule has 2 N–H and O–H groups in total. The number of pyridine rings is 1. The molecule has 0 aromatic carbocycles. The Hall–Kier alpha value is -1.42. The zero-order valence-electron chi connectivity index (χ0n) is 9.89. The summed E-state index contributed by atoms with van der Waals surface area (Å²) in [7, 11) is 0. The van der Waals surface area contributed by atoms with E-state index in [1.165, 1.54) is 25.7 Å². The van der Waals surface area contributed by atoms with Gasteiger partial charge in [-0.3, -0.25) is 0 Å². The van der Waals surface area contributed by atoms with E-state index in [9.17, 15) is 4.79 Å². The Morgan fingerprint density at radius 2 is 2.18 bits per heavy atom. The lowest BCUT2D eigenvalue weighted by Gasteiger charge is -2.09. The second-order valence-electron chi connectivity index (χ2n) is 4.50. The van der Waals surface area contributed by atoms with Gasteiger partial charge in [-0.25, -0.2) is 9.78 Å². The van der Waals surface area contributed by atoms with Crippen LogP contribution >= 0.6 is 0 Å². The van der Waals surface area contributed by atoms with E-state index in [4.69, 9.17) is 10.5 Å². The molecular formula is C13H18N2O2. The molecule has 1 saturated carbocycles. The molecule has 1 aromatic heterocycles. The summed E-state index contributed by atoms with van der Waals surface area (Å²) in [5.41, 5.74) is 6.74. The van der Waals surface area contributed by atoms with E-state index in [2.05, 4.69) is 4.98 Å². The van der Waals surface area contributed by atoms with Crippen LogP contribution < -0.4 is 5.73 Å². The Bertz CT molecular complexity index is 370. The molecule has 17 heavy (non-hydrogen) atoms. The van der Waals surface area contributed by atoms with Crippen molar-refractivity contribution in [2.45, 2.75) is 32.2 Å². The lowest BCUT2D eigenvalue weighted by atomic mass is 10.1. The molecule has 0 aliphatic heterocycles. The molecule has 1 fully saturated rings. The first-order chi connectivity index (χ1) is 8.29. The third-order valence-corrected chi connectivity index (χ3v) is 3.19. The molecule has 0 spiro atoms. The van der Waals surface area contributed by atoms with Crippen LogP contribution in [0.2, 0.25) is 0 Å². The summed E-state index contributed by atoms with van der Waals surface area (Å²) < 4.78 is 5.25. The minimum atomic E-state index is -0.333. The highest BCUT2D eigenvalue weighted by Gasteiger charge is 2.17. The van der Waals surface area contributed by atoms with Gasteiger partial charge in [0.1, 0.15) is 5.69 Å². The van der Waals surface area contributed by atoms with Crippen LogP contribution in [0, 0.1) is 5.92 Å². The highest BCUT2D eigenvalue weighted by atomic mass is 16.5. The fourth-order valence-corrected chi connectivity index (χ4v) is 2.11. The lowest BCUT2D eigenvalue weighted by molar-refractivity contribution is 0.0435. The van der Waals surface area contributed by atoms with Gasteiger partial charge >= 0.3 is 5.97 Å². The number of hydrogen-bond acceptors (Lipinski definition) is 4. The second-order valence-corrected chi connectivity index (χ2v) is 4.50. The molecule has 1 aliphatic carbocycles. The zero-order valence-corrected chi connectivity index (χ0v) is 9.89. The van der Waals surface area contributed by atoms with E-state index in [-0.39, 0.29) is 5.97 Å². The van der Waals surface area contributed by atoms with Crippen molar-refractivity contribution in [3.8, 4) is 0 Å². The monoisotopic (exact) mass is 234 g/mol. The average molecular weight is 234 g/mol. The Morgan fingerprint density at radius 3 is 2.76 bits per heavy atom.